The maximum absolute atomic E-state index is 12.3. The number of hydrogen-bond donors (Lipinski definition) is 1. The van der Waals surface area contributed by atoms with Gasteiger partial charge in [-0.15, -0.1) is 0 Å². The molecule has 1 rings (SSSR count). The molecular formula is C20H26O9. The van der Waals surface area contributed by atoms with Gasteiger partial charge >= 0.3 is 23.9 Å². The molecule has 1 aromatic carbocycles. The lowest BCUT2D eigenvalue weighted by atomic mass is 9.91. The van der Waals surface area contributed by atoms with Crippen LogP contribution >= 0.6 is 0 Å². The van der Waals surface area contributed by atoms with E-state index in [0.717, 1.165) is 7.11 Å². The first-order chi connectivity index (χ1) is 13.6. The zero-order chi connectivity index (χ0) is 22.0. The van der Waals surface area contributed by atoms with Crippen LogP contribution in [-0.4, -0.2) is 62.0 Å². The summed E-state index contributed by atoms with van der Waals surface area (Å²) in [5, 5.41) is 9.89. The van der Waals surface area contributed by atoms with Crippen LogP contribution in [-0.2, 0) is 28.5 Å². The van der Waals surface area contributed by atoms with Crippen molar-refractivity contribution in [3.63, 3.8) is 0 Å². The number of carbonyl (C=O) groups excluding carboxylic acids is 4. The van der Waals surface area contributed by atoms with Gasteiger partial charge in [0.1, 0.15) is 19.3 Å². The van der Waals surface area contributed by atoms with Gasteiger partial charge in [0.2, 0.25) is 0 Å². The molecule has 0 amide bonds. The molecule has 9 nitrogen and oxygen atoms in total. The van der Waals surface area contributed by atoms with Gasteiger partial charge in [0.05, 0.1) is 23.7 Å². The molecule has 1 unspecified atom stereocenters. The van der Waals surface area contributed by atoms with Crippen LogP contribution in [0.4, 0.5) is 0 Å². The normalized spacial score (nSPS) is 11.9. The lowest BCUT2D eigenvalue weighted by Crippen LogP contribution is -2.31. The lowest BCUT2D eigenvalue weighted by molar-refractivity contribution is -0.157. The Bertz CT molecular complexity index is 739. The second kappa shape index (κ2) is 11.2. The van der Waals surface area contributed by atoms with E-state index < -0.39 is 48.6 Å². The molecule has 1 N–H and O–H groups in total. The molecule has 0 aliphatic carbocycles. The van der Waals surface area contributed by atoms with Crippen LogP contribution in [0.25, 0.3) is 0 Å². The van der Waals surface area contributed by atoms with Crippen molar-refractivity contribution in [3.05, 3.63) is 35.4 Å². The zero-order valence-electron chi connectivity index (χ0n) is 16.9. The molecular weight excluding hydrogens is 384 g/mol. The van der Waals surface area contributed by atoms with E-state index in [4.69, 9.17) is 14.2 Å². The van der Waals surface area contributed by atoms with E-state index in [-0.39, 0.29) is 17.7 Å². The Balaban J connectivity index is 2.63. The Morgan fingerprint density at radius 2 is 1.48 bits per heavy atom. The number of aliphatic hydroxyl groups is 1. The van der Waals surface area contributed by atoms with Crippen LogP contribution in [0.1, 0.15) is 47.9 Å². The zero-order valence-corrected chi connectivity index (χ0v) is 16.9. The summed E-state index contributed by atoms with van der Waals surface area (Å²) in [5.74, 6) is -3.00. The number of benzene rings is 1. The Hall–Kier alpha value is -2.94. The molecule has 0 aliphatic rings. The number of ether oxygens (including phenoxy) is 4. The van der Waals surface area contributed by atoms with Gasteiger partial charge in [-0.3, -0.25) is 4.79 Å². The third-order valence-corrected chi connectivity index (χ3v) is 4.17. The third-order valence-electron chi connectivity index (χ3n) is 4.17. The van der Waals surface area contributed by atoms with Crippen LogP contribution < -0.4 is 0 Å². The predicted molar refractivity (Wildman–Crippen MR) is 100 cm³/mol. The highest BCUT2D eigenvalue weighted by molar-refractivity contribution is 6.03. The molecule has 0 aromatic heterocycles. The summed E-state index contributed by atoms with van der Waals surface area (Å²) in [6, 6.07) is 5.70. The second-order valence-electron chi connectivity index (χ2n) is 6.79. The summed E-state index contributed by atoms with van der Waals surface area (Å²) in [4.78, 5) is 47.3. The van der Waals surface area contributed by atoms with Crippen molar-refractivity contribution in [1.29, 1.82) is 0 Å². The fourth-order valence-corrected chi connectivity index (χ4v) is 1.91. The summed E-state index contributed by atoms with van der Waals surface area (Å²) in [6.07, 6.45) is -0.659. The van der Waals surface area contributed by atoms with Crippen molar-refractivity contribution in [1.82, 2.24) is 0 Å². The summed E-state index contributed by atoms with van der Waals surface area (Å²) < 4.78 is 19.2. The molecule has 0 radical (unpaired) electrons. The number of rotatable bonds is 10. The van der Waals surface area contributed by atoms with Crippen LogP contribution in [0.15, 0.2) is 24.3 Å². The molecule has 0 spiro atoms. The Labute approximate surface area is 168 Å². The van der Waals surface area contributed by atoms with Crippen LogP contribution in [0.3, 0.4) is 0 Å². The van der Waals surface area contributed by atoms with Crippen molar-refractivity contribution in [2.75, 3.05) is 26.9 Å². The molecule has 0 bridgehead atoms. The van der Waals surface area contributed by atoms with Crippen molar-refractivity contribution in [2.45, 2.75) is 33.3 Å². The molecule has 0 heterocycles. The third kappa shape index (κ3) is 7.53. The molecule has 1 aromatic rings. The molecule has 160 valence electrons. The summed E-state index contributed by atoms with van der Waals surface area (Å²) in [6.45, 7) is 3.91. The maximum Gasteiger partial charge on any atom is 0.344 e. The fraction of sp³-hybridized carbons (Fsp3) is 0.500. The molecule has 0 aliphatic heterocycles. The van der Waals surface area contributed by atoms with Gasteiger partial charge in [-0.2, -0.15) is 0 Å². The number of methoxy groups -OCH3 is 1. The topological polar surface area (TPSA) is 125 Å². The molecule has 9 heteroatoms. The van der Waals surface area contributed by atoms with Crippen LogP contribution in [0, 0.1) is 5.41 Å². The second-order valence-corrected chi connectivity index (χ2v) is 6.79. The van der Waals surface area contributed by atoms with Crippen LogP contribution in [0.5, 0.6) is 0 Å². The molecule has 1 atom stereocenters. The van der Waals surface area contributed by atoms with E-state index in [0.29, 0.717) is 6.42 Å². The highest BCUT2D eigenvalue weighted by Gasteiger charge is 2.28. The summed E-state index contributed by atoms with van der Waals surface area (Å²) >= 11 is 0. The van der Waals surface area contributed by atoms with E-state index in [1.165, 1.54) is 24.3 Å². The maximum atomic E-state index is 12.3. The minimum atomic E-state index is -1.23. The van der Waals surface area contributed by atoms with Crippen molar-refractivity contribution in [2.24, 2.45) is 5.41 Å². The van der Waals surface area contributed by atoms with Gasteiger partial charge in [-0.05, 0) is 32.4 Å². The van der Waals surface area contributed by atoms with Gasteiger partial charge in [0, 0.05) is 0 Å². The van der Waals surface area contributed by atoms with Crippen molar-refractivity contribution >= 4 is 23.9 Å². The van der Waals surface area contributed by atoms with Crippen LogP contribution in [0.2, 0.25) is 0 Å². The lowest BCUT2D eigenvalue weighted by Gasteiger charge is -2.21. The highest BCUT2D eigenvalue weighted by Crippen LogP contribution is 2.21. The van der Waals surface area contributed by atoms with E-state index in [2.05, 4.69) is 4.74 Å². The SMILES string of the molecule is CCC(C)(C)C(=O)OCC(O)COC(=O)c1ccccc1C(=O)OCC(=O)OC. The van der Waals surface area contributed by atoms with Gasteiger partial charge < -0.3 is 24.1 Å². The van der Waals surface area contributed by atoms with Crippen molar-refractivity contribution < 1.29 is 43.2 Å². The predicted octanol–water partition coefficient (Wildman–Crippen LogP) is 1.51. The molecule has 29 heavy (non-hydrogen) atoms. The first-order valence-electron chi connectivity index (χ1n) is 8.97. The Morgan fingerprint density at radius 1 is 0.966 bits per heavy atom. The summed E-state index contributed by atoms with van der Waals surface area (Å²) in [5.41, 5.74) is -0.884. The average molecular weight is 410 g/mol. The van der Waals surface area contributed by atoms with Gasteiger partial charge in [0.15, 0.2) is 6.61 Å². The number of esters is 4. The number of aliphatic hydroxyl groups excluding tert-OH is 1. The first-order valence-corrected chi connectivity index (χ1v) is 8.97. The Morgan fingerprint density at radius 3 is 2.00 bits per heavy atom. The molecule has 0 saturated heterocycles. The minimum absolute atomic E-state index is 0.0984. The van der Waals surface area contributed by atoms with Crippen molar-refractivity contribution in [3.8, 4) is 0 Å². The van der Waals surface area contributed by atoms with Gasteiger partial charge in [-0.25, -0.2) is 14.4 Å². The Kier molecular flexibility index (Phi) is 9.27. The largest absolute Gasteiger partial charge is 0.466 e. The van der Waals surface area contributed by atoms with E-state index in [1.54, 1.807) is 13.8 Å². The highest BCUT2D eigenvalue weighted by atomic mass is 16.6. The quantitative estimate of drug-likeness (QED) is 0.451. The smallest absolute Gasteiger partial charge is 0.344 e. The average Bonchev–Trinajstić information content (AvgIpc) is 2.73. The van der Waals surface area contributed by atoms with E-state index in [1.807, 2.05) is 6.92 Å². The van der Waals surface area contributed by atoms with E-state index >= 15 is 0 Å². The summed E-state index contributed by atoms with van der Waals surface area (Å²) in [7, 11) is 1.15. The molecule has 0 saturated carbocycles. The fourth-order valence-electron chi connectivity index (χ4n) is 1.91. The first kappa shape index (κ1) is 24.1. The van der Waals surface area contributed by atoms with Gasteiger partial charge in [0.25, 0.3) is 0 Å². The minimum Gasteiger partial charge on any atom is -0.466 e. The standard InChI is InChI=1S/C20H26O9/c1-5-20(2,3)19(25)29-11-13(21)10-27-17(23)14-8-6-7-9-15(14)18(24)28-12-16(22)26-4/h6-9,13,21H,5,10-12H2,1-4H3. The number of hydrogen-bond acceptors (Lipinski definition) is 9. The van der Waals surface area contributed by atoms with Gasteiger partial charge in [-0.1, -0.05) is 19.1 Å². The number of carbonyl (C=O) groups is 4. The monoisotopic (exact) mass is 410 g/mol. The molecule has 0 fully saturated rings. The van der Waals surface area contributed by atoms with E-state index in [9.17, 15) is 24.3 Å².